The van der Waals surface area contributed by atoms with Gasteiger partial charge in [-0.2, -0.15) is 0 Å². The van der Waals surface area contributed by atoms with E-state index in [0.717, 1.165) is 22.4 Å². The average Bonchev–Trinajstić information content (AvgIpc) is 3.19. The fourth-order valence-corrected chi connectivity index (χ4v) is 4.07. The maximum atomic E-state index is 12.6. The molecule has 2 atom stereocenters. The zero-order valence-electron chi connectivity index (χ0n) is 17.6. The number of aliphatic carboxylic acids is 1. The third kappa shape index (κ3) is 4.81. The number of carbonyl (C=O) groups excluding carboxylic acids is 1. The normalized spacial score (nSPS) is 20.2. The van der Waals surface area contributed by atoms with E-state index in [0.29, 0.717) is 5.56 Å². The van der Waals surface area contributed by atoms with Crippen LogP contribution in [0.15, 0.2) is 84.9 Å². The van der Waals surface area contributed by atoms with Crippen molar-refractivity contribution in [2.45, 2.75) is 31.1 Å². The lowest BCUT2D eigenvalue weighted by Crippen LogP contribution is -2.41. The van der Waals surface area contributed by atoms with E-state index in [-0.39, 0.29) is 19.6 Å². The highest BCUT2D eigenvalue weighted by Gasteiger charge is 2.49. The Hall–Kier alpha value is -3.64. The first-order chi connectivity index (χ1) is 15.4. The smallest absolute Gasteiger partial charge is 0.410 e. The van der Waals surface area contributed by atoms with Crippen LogP contribution in [0.3, 0.4) is 0 Å². The molecule has 1 aliphatic rings. The molecule has 3 aromatic rings. The van der Waals surface area contributed by atoms with Crippen molar-refractivity contribution >= 4 is 12.1 Å². The van der Waals surface area contributed by atoms with Gasteiger partial charge in [0.1, 0.15) is 18.2 Å². The van der Waals surface area contributed by atoms with Crippen LogP contribution >= 0.6 is 0 Å². The Morgan fingerprint density at radius 1 is 0.875 bits per heavy atom. The molecular weight excluding hydrogens is 406 g/mol. The van der Waals surface area contributed by atoms with Crippen LogP contribution in [0.25, 0.3) is 0 Å². The van der Waals surface area contributed by atoms with Crippen LogP contribution in [-0.4, -0.2) is 39.8 Å². The predicted octanol–water partition coefficient (Wildman–Crippen LogP) is 3.96. The summed E-state index contributed by atoms with van der Waals surface area (Å²) in [7, 11) is 0. The lowest BCUT2D eigenvalue weighted by atomic mass is 9.90. The number of ether oxygens (including phenoxy) is 1. The van der Waals surface area contributed by atoms with Crippen LogP contribution in [0.1, 0.15) is 28.7 Å². The number of benzene rings is 3. The molecule has 1 aliphatic heterocycles. The molecule has 0 spiro atoms. The number of rotatable bonds is 6. The molecule has 1 heterocycles. The molecule has 6 nitrogen and oxygen atoms in total. The SMILES string of the molecule is O=C(O)[C@@H]1CC(O)(c2ccc(Cc3ccccc3)cc2)CN1C(=O)OCc1ccccc1. The Bertz CT molecular complexity index is 1070. The van der Waals surface area contributed by atoms with Gasteiger partial charge in [-0.1, -0.05) is 84.9 Å². The van der Waals surface area contributed by atoms with E-state index in [1.54, 1.807) is 12.1 Å². The Morgan fingerprint density at radius 3 is 2.03 bits per heavy atom. The topological polar surface area (TPSA) is 87.1 Å². The minimum absolute atomic E-state index is 0.0368. The lowest BCUT2D eigenvalue weighted by molar-refractivity contribution is -0.141. The molecule has 164 valence electrons. The number of aliphatic hydroxyl groups is 1. The molecular formula is C26H25NO5. The molecule has 4 rings (SSSR count). The van der Waals surface area contributed by atoms with Gasteiger partial charge in [-0.15, -0.1) is 0 Å². The van der Waals surface area contributed by atoms with Crippen molar-refractivity contribution in [2.75, 3.05) is 6.54 Å². The van der Waals surface area contributed by atoms with Crippen molar-refractivity contribution in [1.29, 1.82) is 0 Å². The summed E-state index contributed by atoms with van der Waals surface area (Å²) in [6.45, 7) is -0.106. The van der Waals surface area contributed by atoms with Crippen LogP contribution in [-0.2, 0) is 28.2 Å². The monoisotopic (exact) mass is 431 g/mol. The van der Waals surface area contributed by atoms with Crippen LogP contribution in [0.4, 0.5) is 4.79 Å². The number of carboxylic acids is 1. The summed E-state index contributed by atoms with van der Waals surface area (Å²) in [5.41, 5.74) is 2.18. The van der Waals surface area contributed by atoms with E-state index in [4.69, 9.17) is 4.74 Å². The van der Waals surface area contributed by atoms with Gasteiger partial charge >= 0.3 is 12.1 Å². The minimum atomic E-state index is -1.46. The Balaban J connectivity index is 1.46. The average molecular weight is 431 g/mol. The molecule has 1 unspecified atom stereocenters. The molecule has 3 aromatic carbocycles. The summed E-state index contributed by atoms with van der Waals surface area (Å²) in [5.74, 6) is -1.17. The second-order valence-electron chi connectivity index (χ2n) is 8.12. The van der Waals surface area contributed by atoms with E-state index in [1.807, 2.05) is 60.7 Å². The standard InChI is InChI=1S/C26H25NO5/c28-24(29)23-16-26(31,18-27(23)25(30)32-17-21-9-5-2-6-10-21)22-13-11-20(12-14-22)15-19-7-3-1-4-8-19/h1-14,23,31H,15-18H2,(H,28,29)/t23-,26?/m0/s1. The first kappa shape index (κ1) is 21.6. The van der Waals surface area contributed by atoms with Crippen molar-refractivity contribution in [3.05, 3.63) is 107 Å². The summed E-state index contributed by atoms with van der Waals surface area (Å²) in [6.07, 6.45) is -0.0892. The number of carbonyl (C=O) groups is 2. The molecule has 1 saturated heterocycles. The number of likely N-dealkylation sites (tertiary alicyclic amines) is 1. The van der Waals surface area contributed by atoms with Gasteiger partial charge in [0.25, 0.3) is 0 Å². The molecule has 0 aliphatic carbocycles. The fraction of sp³-hybridized carbons (Fsp3) is 0.231. The van der Waals surface area contributed by atoms with Gasteiger partial charge in [-0.25, -0.2) is 9.59 Å². The number of hydrogen-bond donors (Lipinski definition) is 2. The van der Waals surface area contributed by atoms with Crippen molar-refractivity contribution in [1.82, 2.24) is 4.90 Å². The number of amides is 1. The first-order valence-corrected chi connectivity index (χ1v) is 10.5. The Kier molecular flexibility index (Phi) is 6.23. The molecule has 1 amide bonds. The maximum absolute atomic E-state index is 12.6. The molecule has 6 heteroatoms. The molecule has 0 radical (unpaired) electrons. The first-order valence-electron chi connectivity index (χ1n) is 10.5. The van der Waals surface area contributed by atoms with Gasteiger partial charge in [0, 0.05) is 6.42 Å². The number of β-amino-alcohol motifs (C(OH)–C–C–N with tert-alkyl or cyclic N) is 1. The van der Waals surface area contributed by atoms with E-state index >= 15 is 0 Å². The van der Waals surface area contributed by atoms with E-state index in [1.165, 1.54) is 5.56 Å². The van der Waals surface area contributed by atoms with E-state index in [2.05, 4.69) is 12.1 Å². The maximum Gasteiger partial charge on any atom is 0.410 e. The largest absolute Gasteiger partial charge is 0.480 e. The van der Waals surface area contributed by atoms with Crippen molar-refractivity contribution < 1.29 is 24.5 Å². The minimum Gasteiger partial charge on any atom is -0.480 e. The summed E-state index contributed by atoms with van der Waals surface area (Å²) < 4.78 is 5.32. The van der Waals surface area contributed by atoms with Gasteiger partial charge in [0.05, 0.1) is 6.54 Å². The summed E-state index contributed by atoms with van der Waals surface area (Å²) in [4.78, 5) is 25.5. The second-order valence-corrected chi connectivity index (χ2v) is 8.12. The van der Waals surface area contributed by atoms with E-state index < -0.39 is 23.7 Å². The second kappa shape index (κ2) is 9.24. The van der Waals surface area contributed by atoms with Gasteiger partial charge in [-0.05, 0) is 28.7 Å². The quantitative estimate of drug-likeness (QED) is 0.617. The number of nitrogens with zero attached hydrogens (tertiary/aromatic N) is 1. The third-order valence-corrected chi connectivity index (χ3v) is 5.81. The lowest BCUT2D eigenvalue weighted by Gasteiger charge is -2.24. The van der Waals surface area contributed by atoms with Crippen molar-refractivity contribution in [2.24, 2.45) is 0 Å². The molecule has 0 aromatic heterocycles. The predicted molar refractivity (Wildman–Crippen MR) is 119 cm³/mol. The van der Waals surface area contributed by atoms with Gasteiger partial charge < -0.3 is 14.9 Å². The van der Waals surface area contributed by atoms with E-state index in [9.17, 15) is 19.8 Å². The van der Waals surface area contributed by atoms with Crippen LogP contribution in [0, 0.1) is 0 Å². The summed E-state index contributed by atoms with van der Waals surface area (Å²) >= 11 is 0. The van der Waals surface area contributed by atoms with Crippen molar-refractivity contribution in [3.8, 4) is 0 Å². The Labute approximate surface area is 186 Å². The fourth-order valence-electron chi connectivity index (χ4n) is 4.07. The zero-order valence-corrected chi connectivity index (χ0v) is 17.6. The molecule has 32 heavy (non-hydrogen) atoms. The zero-order chi connectivity index (χ0) is 22.6. The molecule has 0 bridgehead atoms. The highest BCUT2D eigenvalue weighted by Crippen LogP contribution is 2.36. The van der Waals surface area contributed by atoms with Crippen LogP contribution in [0.5, 0.6) is 0 Å². The summed E-state index contributed by atoms with van der Waals surface area (Å²) in [5, 5.41) is 20.9. The van der Waals surface area contributed by atoms with Crippen molar-refractivity contribution in [3.63, 3.8) is 0 Å². The summed E-state index contributed by atoms with van der Waals surface area (Å²) in [6, 6.07) is 25.5. The van der Waals surface area contributed by atoms with Crippen LogP contribution in [0.2, 0.25) is 0 Å². The van der Waals surface area contributed by atoms with Crippen LogP contribution < -0.4 is 0 Å². The third-order valence-electron chi connectivity index (χ3n) is 5.81. The van der Waals surface area contributed by atoms with Gasteiger partial charge in [0.15, 0.2) is 0 Å². The highest BCUT2D eigenvalue weighted by atomic mass is 16.6. The molecule has 0 saturated carbocycles. The number of carboxylic acid groups (broad SMARTS) is 1. The number of hydrogen-bond acceptors (Lipinski definition) is 4. The highest BCUT2D eigenvalue weighted by molar-refractivity contribution is 5.81. The Morgan fingerprint density at radius 2 is 1.44 bits per heavy atom. The molecule has 1 fully saturated rings. The van der Waals surface area contributed by atoms with Gasteiger partial charge in [-0.3, -0.25) is 4.90 Å². The molecule has 2 N–H and O–H groups in total. The van der Waals surface area contributed by atoms with Gasteiger partial charge in [0.2, 0.25) is 0 Å².